The molecule has 4 rings (SSSR count). The molecule has 0 bridgehead atoms. The van der Waals surface area contributed by atoms with Gasteiger partial charge in [-0.05, 0) is 31.2 Å². The van der Waals surface area contributed by atoms with Gasteiger partial charge in [0.1, 0.15) is 5.01 Å². The number of nitrogens with one attached hydrogen (secondary N) is 1. The summed E-state index contributed by atoms with van der Waals surface area (Å²) in [5.41, 5.74) is 2.35. The van der Waals surface area contributed by atoms with Gasteiger partial charge in [-0.1, -0.05) is 6.07 Å². The summed E-state index contributed by atoms with van der Waals surface area (Å²) in [7, 11) is 0. The van der Waals surface area contributed by atoms with Crippen LogP contribution >= 0.6 is 11.3 Å². The van der Waals surface area contributed by atoms with Crippen molar-refractivity contribution in [3.8, 4) is 22.2 Å². The van der Waals surface area contributed by atoms with Crippen LogP contribution in [0.25, 0.3) is 10.7 Å². The van der Waals surface area contributed by atoms with Gasteiger partial charge in [-0.2, -0.15) is 0 Å². The Hall–Kier alpha value is -2.93. The van der Waals surface area contributed by atoms with E-state index in [1.165, 1.54) is 11.3 Å². The average molecular weight is 353 g/mol. The Morgan fingerprint density at radius 1 is 1.24 bits per heavy atom. The first-order valence-electron chi connectivity index (χ1n) is 7.76. The van der Waals surface area contributed by atoms with Gasteiger partial charge in [0.2, 0.25) is 12.7 Å². The molecule has 25 heavy (non-hydrogen) atoms. The summed E-state index contributed by atoms with van der Waals surface area (Å²) in [5, 5.41) is 3.71. The van der Waals surface area contributed by atoms with E-state index in [-0.39, 0.29) is 19.1 Å². The topological polar surface area (TPSA) is 73.3 Å². The average Bonchev–Trinajstić information content (AvgIpc) is 3.22. The SMILES string of the molecule is Cc1nc(-c2ccccn2)sc1CC(=O)Nc1ccc2c(c1)OCO2. The molecular weight excluding hydrogens is 338 g/mol. The second-order valence-electron chi connectivity index (χ2n) is 5.54. The number of hydrogen-bond acceptors (Lipinski definition) is 6. The molecule has 0 fully saturated rings. The predicted octanol–water partition coefficient (Wildman–Crippen LogP) is 3.42. The van der Waals surface area contributed by atoms with Crippen molar-refractivity contribution < 1.29 is 14.3 Å². The predicted molar refractivity (Wildman–Crippen MR) is 95.0 cm³/mol. The number of benzene rings is 1. The minimum absolute atomic E-state index is 0.0989. The molecular formula is C18H15N3O3S. The first-order valence-corrected chi connectivity index (χ1v) is 8.58. The fourth-order valence-electron chi connectivity index (χ4n) is 2.52. The van der Waals surface area contributed by atoms with E-state index in [2.05, 4.69) is 15.3 Å². The lowest BCUT2D eigenvalue weighted by molar-refractivity contribution is -0.115. The van der Waals surface area contributed by atoms with Gasteiger partial charge in [0.05, 0.1) is 17.8 Å². The molecule has 1 aliphatic heterocycles. The summed E-state index contributed by atoms with van der Waals surface area (Å²) in [4.78, 5) is 22.1. The maximum Gasteiger partial charge on any atom is 0.231 e. The molecule has 0 aliphatic carbocycles. The smallest absolute Gasteiger partial charge is 0.231 e. The maximum atomic E-state index is 12.4. The Morgan fingerprint density at radius 3 is 2.96 bits per heavy atom. The molecule has 1 aliphatic rings. The molecule has 0 saturated carbocycles. The highest BCUT2D eigenvalue weighted by molar-refractivity contribution is 7.15. The zero-order valence-corrected chi connectivity index (χ0v) is 14.3. The monoisotopic (exact) mass is 353 g/mol. The van der Waals surface area contributed by atoms with E-state index in [4.69, 9.17) is 9.47 Å². The highest BCUT2D eigenvalue weighted by Crippen LogP contribution is 2.34. The number of pyridine rings is 1. The molecule has 0 unspecified atom stereocenters. The van der Waals surface area contributed by atoms with Crippen molar-refractivity contribution in [2.24, 2.45) is 0 Å². The van der Waals surface area contributed by atoms with Crippen LogP contribution in [-0.4, -0.2) is 22.7 Å². The van der Waals surface area contributed by atoms with E-state index >= 15 is 0 Å². The maximum absolute atomic E-state index is 12.4. The lowest BCUT2D eigenvalue weighted by Gasteiger charge is -2.05. The Labute approximate surface area is 148 Å². The van der Waals surface area contributed by atoms with E-state index < -0.39 is 0 Å². The first-order chi connectivity index (χ1) is 12.2. The number of aromatic nitrogens is 2. The van der Waals surface area contributed by atoms with Crippen LogP contribution in [0.15, 0.2) is 42.6 Å². The summed E-state index contributed by atoms with van der Waals surface area (Å²) in [6.45, 7) is 2.12. The van der Waals surface area contributed by atoms with E-state index in [0.29, 0.717) is 17.2 Å². The van der Waals surface area contributed by atoms with Crippen LogP contribution in [0.3, 0.4) is 0 Å². The number of aryl methyl sites for hydroxylation is 1. The van der Waals surface area contributed by atoms with E-state index in [1.807, 2.05) is 25.1 Å². The number of thiazole rings is 1. The molecule has 1 N–H and O–H groups in total. The fraction of sp³-hybridized carbons (Fsp3) is 0.167. The minimum atomic E-state index is -0.0989. The third-order valence-electron chi connectivity index (χ3n) is 3.75. The number of carbonyl (C=O) groups is 1. The summed E-state index contributed by atoms with van der Waals surface area (Å²) in [6.07, 6.45) is 2.00. The van der Waals surface area contributed by atoms with E-state index in [1.54, 1.807) is 24.4 Å². The van der Waals surface area contributed by atoms with Crippen molar-refractivity contribution in [1.82, 2.24) is 9.97 Å². The number of ether oxygens (including phenoxy) is 2. The van der Waals surface area contributed by atoms with Gasteiger partial charge in [-0.3, -0.25) is 9.78 Å². The van der Waals surface area contributed by atoms with Crippen LogP contribution in [0.1, 0.15) is 10.6 Å². The molecule has 126 valence electrons. The number of amides is 1. The Bertz CT molecular complexity index is 925. The fourth-order valence-corrected chi connectivity index (χ4v) is 3.55. The van der Waals surface area contributed by atoms with Crippen LogP contribution in [0, 0.1) is 6.92 Å². The lowest BCUT2D eigenvalue weighted by Crippen LogP contribution is -2.14. The van der Waals surface area contributed by atoms with Gasteiger partial charge in [-0.15, -0.1) is 11.3 Å². The van der Waals surface area contributed by atoms with Crippen molar-refractivity contribution in [2.45, 2.75) is 13.3 Å². The highest BCUT2D eigenvalue weighted by Gasteiger charge is 2.16. The quantitative estimate of drug-likeness (QED) is 0.778. The Kier molecular flexibility index (Phi) is 4.07. The lowest BCUT2D eigenvalue weighted by atomic mass is 10.2. The van der Waals surface area contributed by atoms with Crippen molar-refractivity contribution in [2.75, 3.05) is 12.1 Å². The van der Waals surface area contributed by atoms with Gasteiger partial charge in [-0.25, -0.2) is 4.98 Å². The largest absolute Gasteiger partial charge is 0.454 e. The molecule has 3 aromatic rings. The number of rotatable bonds is 4. The first kappa shape index (κ1) is 15.6. The van der Waals surface area contributed by atoms with Gasteiger partial charge >= 0.3 is 0 Å². The molecule has 6 nitrogen and oxygen atoms in total. The molecule has 3 heterocycles. The van der Waals surface area contributed by atoms with Gasteiger partial charge in [0, 0.05) is 22.8 Å². The normalized spacial score (nSPS) is 12.2. The third-order valence-corrected chi connectivity index (χ3v) is 4.93. The number of fused-ring (bicyclic) bond motifs is 1. The standard InChI is InChI=1S/C18H15N3O3S/c1-11-16(25-18(20-11)13-4-2-3-7-19-13)9-17(22)21-12-5-6-14-15(8-12)24-10-23-14/h2-8H,9-10H2,1H3,(H,21,22). The summed E-state index contributed by atoms with van der Waals surface area (Å²) < 4.78 is 10.6. The number of carbonyl (C=O) groups excluding carboxylic acids is 1. The minimum Gasteiger partial charge on any atom is -0.454 e. The molecule has 0 radical (unpaired) electrons. The molecule has 0 spiro atoms. The third kappa shape index (κ3) is 3.32. The highest BCUT2D eigenvalue weighted by atomic mass is 32.1. The van der Waals surface area contributed by atoms with Crippen molar-refractivity contribution >= 4 is 22.9 Å². The zero-order valence-electron chi connectivity index (χ0n) is 13.5. The Balaban J connectivity index is 1.47. The second-order valence-corrected chi connectivity index (χ2v) is 6.62. The van der Waals surface area contributed by atoms with Gasteiger partial charge < -0.3 is 14.8 Å². The van der Waals surface area contributed by atoms with Gasteiger partial charge in [0.15, 0.2) is 11.5 Å². The van der Waals surface area contributed by atoms with Crippen LogP contribution in [-0.2, 0) is 11.2 Å². The number of nitrogens with zero attached hydrogens (tertiary/aromatic N) is 2. The summed E-state index contributed by atoms with van der Waals surface area (Å²) >= 11 is 1.49. The van der Waals surface area contributed by atoms with Crippen molar-refractivity contribution in [1.29, 1.82) is 0 Å². The zero-order chi connectivity index (χ0) is 17.2. The summed E-state index contributed by atoms with van der Waals surface area (Å²) in [6, 6.07) is 11.0. The van der Waals surface area contributed by atoms with Crippen LogP contribution < -0.4 is 14.8 Å². The van der Waals surface area contributed by atoms with Crippen molar-refractivity contribution in [3.63, 3.8) is 0 Å². The second kappa shape index (κ2) is 6.52. The van der Waals surface area contributed by atoms with Crippen LogP contribution in [0.5, 0.6) is 11.5 Å². The Morgan fingerprint density at radius 2 is 2.12 bits per heavy atom. The van der Waals surface area contributed by atoms with Crippen molar-refractivity contribution in [3.05, 3.63) is 53.2 Å². The van der Waals surface area contributed by atoms with Crippen LogP contribution in [0.4, 0.5) is 5.69 Å². The molecule has 1 amide bonds. The van der Waals surface area contributed by atoms with Gasteiger partial charge in [0.25, 0.3) is 0 Å². The molecule has 0 saturated heterocycles. The number of anilines is 1. The molecule has 0 atom stereocenters. The summed E-state index contributed by atoms with van der Waals surface area (Å²) in [5.74, 6) is 1.23. The number of hydrogen-bond donors (Lipinski definition) is 1. The molecule has 2 aromatic heterocycles. The van der Waals surface area contributed by atoms with E-state index in [9.17, 15) is 4.79 Å². The molecule has 1 aromatic carbocycles. The molecule has 7 heteroatoms. The van der Waals surface area contributed by atoms with E-state index in [0.717, 1.165) is 21.3 Å². The van der Waals surface area contributed by atoms with Crippen LogP contribution in [0.2, 0.25) is 0 Å².